The average Bonchev–Trinajstić information content (AvgIpc) is 3.17. The topological polar surface area (TPSA) is 53.9 Å². The predicted molar refractivity (Wildman–Crippen MR) is 129 cm³/mol. The summed E-state index contributed by atoms with van der Waals surface area (Å²) in [6.07, 6.45) is 7.94. The summed E-state index contributed by atoms with van der Waals surface area (Å²) in [7, 11) is 0. The normalized spacial score (nSPS) is 14.4. The third-order valence-electron chi connectivity index (χ3n) is 6.01. The summed E-state index contributed by atoms with van der Waals surface area (Å²) >= 11 is 0. The fraction of sp³-hybridized carbons (Fsp3) is 0.185. The summed E-state index contributed by atoms with van der Waals surface area (Å²) in [5.41, 5.74) is 6.78. The van der Waals surface area contributed by atoms with Gasteiger partial charge in [-0.2, -0.15) is 0 Å². The molecular formula is C27H26N4O. The highest BCUT2D eigenvalue weighted by molar-refractivity contribution is 5.82. The van der Waals surface area contributed by atoms with Gasteiger partial charge in [-0.25, -0.2) is 9.78 Å². The summed E-state index contributed by atoms with van der Waals surface area (Å²) in [5.74, 6) is 0. The summed E-state index contributed by atoms with van der Waals surface area (Å²) in [6, 6.07) is 25.1. The van der Waals surface area contributed by atoms with Crippen molar-refractivity contribution >= 4 is 16.7 Å². The van der Waals surface area contributed by atoms with E-state index >= 15 is 0 Å². The zero-order chi connectivity index (χ0) is 21.8. The monoisotopic (exact) mass is 422 g/mol. The first kappa shape index (κ1) is 20.1. The van der Waals surface area contributed by atoms with Crippen LogP contribution in [0.3, 0.4) is 0 Å². The summed E-state index contributed by atoms with van der Waals surface area (Å²) < 4.78 is 1.67. The van der Waals surface area contributed by atoms with Gasteiger partial charge in [0.1, 0.15) is 0 Å². The average molecular weight is 423 g/mol. The number of nitrogens with one attached hydrogen (secondary N) is 1. The van der Waals surface area contributed by atoms with Crippen LogP contribution in [-0.4, -0.2) is 32.5 Å². The van der Waals surface area contributed by atoms with Crippen LogP contribution in [0.2, 0.25) is 0 Å². The minimum Gasteiger partial charge on any atom is -0.377 e. The van der Waals surface area contributed by atoms with Crippen LogP contribution in [0.5, 0.6) is 0 Å². The molecule has 5 heteroatoms. The molecule has 4 aromatic rings. The molecule has 0 amide bonds. The predicted octanol–water partition coefficient (Wildman–Crippen LogP) is 4.84. The lowest BCUT2D eigenvalue weighted by Crippen LogP contribution is -2.26. The number of piperidine rings is 1. The van der Waals surface area contributed by atoms with Gasteiger partial charge in [0.2, 0.25) is 0 Å². The molecule has 0 atom stereocenters. The number of imidazole rings is 1. The Kier molecular flexibility index (Phi) is 5.71. The van der Waals surface area contributed by atoms with Gasteiger partial charge >= 0.3 is 5.69 Å². The fourth-order valence-electron chi connectivity index (χ4n) is 4.44. The van der Waals surface area contributed by atoms with E-state index in [1.54, 1.807) is 10.8 Å². The molecular weight excluding hydrogens is 396 g/mol. The van der Waals surface area contributed by atoms with E-state index < -0.39 is 0 Å². The smallest absolute Gasteiger partial charge is 0.327 e. The Hall–Kier alpha value is -3.86. The van der Waals surface area contributed by atoms with Gasteiger partial charge in [0, 0.05) is 25.8 Å². The number of rotatable bonds is 5. The maximum absolute atomic E-state index is 12.2. The summed E-state index contributed by atoms with van der Waals surface area (Å²) in [4.78, 5) is 21.7. The lowest BCUT2D eigenvalue weighted by molar-refractivity contribution is 0.349. The van der Waals surface area contributed by atoms with Crippen molar-refractivity contribution in [1.29, 1.82) is 0 Å². The van der Waals surface area contributed by atoms with Crippen molar-refractivity contribution < 1.29 is 0 Å². The van der Waals surface area contributed by atoms with Crippen molar-refractivity contribution in [2.24, 2.45) is 0 Å². The van der Waals surface area contributed by atoms with Gasteiger partial charge in [0.05, 0.1) is 5.52 Å². The fourth-order valence-corrected chi connectivity index (χ4v) is 4.44. The highest BCUT2D eigenvalue weighted by Crippen LogP contribution is 2.32. The highest BCUT2D eigenvalue weighted by atomic mass is 16.1. The molecule has 5 nitrogen and oxygen atoms in total. The molecule has 5 rings (SSSR count). The first-order chi connectivity index (χ1) is 15.8. The van der Waals surface area contributed by atoms with E-state index in [1.807, 2.05) is 18.2 Å². The molecule has 1 saturated heterocycles. The van der Waals surface area contributed by atoms with Crippen LogP contribution in [0.4, 0.5) is 0 Å². The second kappa shape index (κ2) is 9.10. The van der Waals surface area contributed by atoms with Crippen molar-refractivity contribution in [2.75, 3.05) is 13.1 Å². The number of aromatic amines is 1. The number of hydrogen-bond donors (Lipinski definition) is 1. The number of nitrogens with zero attached hydrogens (tertiary/aromatic N) is 3. The van der Waals surface area contributed by atoms with E-state index in [4.69, 9.17) is 0 Å². The van der Waals surface area contributed by atoms with Gasteiger partial charge in [-0.15, -0.1) is 0 Å². The van der Waals surface area contributed by atoms with E-state index in [9.17, 15) is 4.79 Å². The van der Waals surface area contributed by atoms with Gasteiger partial charge in [0.15, 0.2) is 5.65 Å². The minimum atomic E-state index is -0.123. The molecule has 160 valence electrons. The zero-order valence-corrected chi connectivity index (χ0v) is 17.9. The third kappa shape index (κ3) is 4.14. The van der Waals surface area contributed by atoms with Gasteiger partial charge in [-0.05, 0) is 54.0 Å². The number of benzene rings is 2. The van der Waals surface area contributed by atoms with Crippen LogP contribution >= 0.6 is 0 Å². The van der Waals surface area contributed by atoms with Crippen molar-refractivity contribution in [2.45, 2.75) is 19.4 Å². The molecule has 0 spiro atoms. The van der Waals surface area contributed by atoms with E-state index in [-0.39, 0.29) is 5.69 Å². The molecule has 1 aliphatic heterocycles. The molecule has 1 N–H and O–H groups in total. The Morgan fingerprint density at radius 3 is 2.22 bits per heavy atom. The van der Waals surface area contributed by atoms with Crippen LogP contribution in [0.25, 0.3) is 16.7 Å². The van der Waals surface area contributed by atoms with Gasteiger partial charge in [0.25, 0.3) is 0 Å². The second-order valence-electron chi connectivity index (χ2n) is 8.05. The minimum absolute atomic E-state index is 0.123. The third-order valence-corrected chi connectivity index (χ3v) is 6.01. The van der Waals surface area contributed by atoms with E-state index in [2.05, 4.69) is 81.7 Å². The van der Waals surface area contributed by atoms with E-state index in [1.165, 1.54) is 22.3 Å². The zero-order valence-electron chi connectivity index (χ0n) is 17.9. The number of aromatic nitrogens is 3. The molecule has 3 heterocycles. The van der Waals surface area contributed by atoms with Gasteiger partial charge in [-0.3, -0.25) is 4.57 Å². The lowest BCUT2D eigenvalue weighted by atomic mass is 9.88. The van der Waals surface area contributed by atoms with Crippen molar-refractivity contribution in [3.05, 3.63) is 118 Å². The van der Waals surface area contributed by atoms with Crippen LogP contribution in [0.15, 0.2) is 102 Å². The first-order valence-corrected chi connectivity index (χ1v) is 11.1. The molecule has 0 radical (unpaired) electrons. The molecule has 2 aromatic carbocycles. The van der Waals surface area contributed by atoms with Crippen LogP contribution in [0.1, 0.15) is 24.0 Å². The number of likely N-dealkylation sites (tertiary alicyclic amines) is 1. The van der Waals surface area contributed by atoms with E-state index in [0.717, 1.165) is 31.4 Å². The molecule has 32 heavy (non-hydrogen) atoms. The molecule has 0 saturated carbocycles. The maximum Gasteiger partial charge on any atom is 0.327 e. The van der Waals surface area contributed by atoms with Crippen molar-refractivity contribution in [3.8, 4) is 0 Å². The Morgan fingerprint density at radius 1 is 0.906 bits per heavy atom. The number of pyridine rings is 1. The number of allylic oxidation sites excluding steroid dienone is 1. The number of fused-ring (bicyclic) bond motifs is 1. The Morgan fingerprint density at radius 2 is 1.56 bits per heavy atom. The van der Waals surface area contributed by atoms with E-state index in [0.29, 0.717) is 12.2 Å². The van der Waals surface area contributed by atoms with Crippen LogP contribution in [-0.2, 0) is 6.54 Å². The summed E-state index contributed by atoms with van der Waals surface area (Å²) in [6.45, 7) is 2.44. The molecule has 0 unspecified atom stereocenters. The van der Waals surface area contributed by atoms with Crippen molar-refractivity contribution in [3.63, 3.8) is 0 Å². The maximum atomic E-state index is 12.2. The van der Waals surface area contributed by atoms with Gasteiger partial charge < -0.3 is 9.88 Å². The molecule has 2 aromatic heterocycles. The SMILES string of the molecule is O=c1[nH]c2cccnc2n1CC=CN1CCC(=C(c2ccccc2)c2ccccc2)CC1. The molecule has 1 fully saturated rings. The summed E-state index contributed by atoms with van der Waals surface area (Å²) in [5, 5.41) is 0. The van der Waals surface area contributed by atoms with Crippen LogP contribution < -0.4 is 5.69 Å². The quantitative estimate of drug-likeness (QED) is 0.501. The Labute approximate surface area is 187 Å². The second-order valence-corrected chi connectivity index (χ2v) is 8.05. The number of H-pyrrole nitrogens is 1. The number of hydrogen-bond acceptors (Lipinski definition) is 3. The highest BCUT2D eigenvalue weighted by Gasteiger charge is 2.17. The molecule has 1 aliphatic rings. The first-order valence-electron chi connectivity index (χ1n) is 11.1. The molecule has 0 bridgehead atoms. The van der Waals surface area contributed by atoms with Gasteiger partial charge in [-0.1, -0.05) is 66.2 Å². The van der Waals surface area contributed by atoms with Crippen LogP contribution in [0, 0.1) is 0 Å². The Bertz CT molecular complexity index is 1260. The largest absolute Gasteiger partial charge is 0.377 e. The standard InChI is InChI=1S/C27H26N4O/c32-27-29-24-13-7-16-28-26(24)31(27)18-8-17-30-19-14-23(15-20-30)25(21-9-3-1-4-10-21)22-11-5-2-6-12-22/h1-13,16-17H,14-15,18-20H2,(H,29,32). The Balaban J connectivity index is 1.32. The lowest BCUT2D eigenvalue weighted by Gasteiger charge is -2.29. The van der Waals surface area contributed by atoms with Crippen molar-refractivity contribution in [1.82, 2.24) is 19.4 Å². The molecule has 0 aliphatic carbocycles.